The van der Waals surface area contributed by atoms with E-state index in [1.807, 2.05) is 54.6 Å². The van der Waals surface area contributed by atoms with Crippen LogP contribution in [0.15, 0.2) is 54.6 Å². The van der Waals surface area contributed by atoms with Gasteiger partial charge in [0.2, 0.25) is 5.91 Å². The Kier molecular flexibility index (Phi) is 5.10. The number of ether oxygens (including phenoxy) is 1. The summed E-state index contributed by atoms with van der Waals surface area (Å²) in [5.41, 5.74) is 2.51. The molecule has 0 spiro atoms. The number of fused-ring (bicyclic) bond motifs is 1. The van der Waals surface area contributed by atoms with Crippen LogP contribution in [-0.4, -0.2) is 41.8 Å². The highest BCUT2D eigenvalue weighted by atomic mass is 16.6. The van der Waals surface area contributed by atoms with E-state index >= 15 is 0 Å². The molecule has 2 amide bonds. The molecule has 4 rings (SSSR count). The summed E-state index contributed by atoms with van der Waals surface area (Å²) in [5.74, 6) is -0.192. The lowest BCUT2D eigenvalue weighted by molar-refractivity contribution is -0.135. The fraction of sp³-hybridized carbons (Fsp3) is 0.318. The van der Waals surface area contributed by atoms with E-state index in [1.54, 1.807) is 4.90 Å². The number of amides is 2. The number of para-hydroxylation sites is 1. The zero-order valence-electron chi connectivity index (χ0n) is 15.5. The molecule has 0 bridgehead atoms. The SMILES string of the molecule is O=C[C@@H]1CCCN1C(=O)[C@@H]1Cc2ccccc2N1C(=O)OCc1ccccc1. The van der Waals surface area contributed by atoms with Gasteiger partial charge in [0.05, 0.1) is 11.7 Å². The number of hydrogen-bond acceptors (Lipinski definition) is 4. The maximum atomic E-state index is 13.2. The average molecular weight is 378 g/mol. The summed E-state index contributed by atoms with van der Waals surface area (Å²) in [4.78, 5) is 40.5. The van der Waals surface area contributed by atoms with Crippen LogP contribution < -0.4 is 4.90 Å². The molecule has 0 unspecified atom stereocenters. The van der Waals surface area contributed by atoms with E-state index in [4.69, 9.17) is 4.74 Å². The number of carbonyl (C=O) groups is 3. The highest BCUT2D eigenvalue weighted by Gasteiger charge is 2.43. The second-order valence-electron chi connectivity index (χ2n) is 7.14. The van der Waals surface area contributed by atoms with E-state index in [-0.39, 0.29) is 12.5 Å². The van der Waals surface area contributed by atoms with Gasteiger partial charge >= 0.3 is 6.09 Å². The van der Waals surface area contributed by atoms with Gasteiger partial charge in [-0.25, -0.2) is 4.79 Å². The first kappa shape index (κ1) is 18.2. The first-order chi connectivity index (χ1) is 13.7. The van der Waals surface area contributed by atoms with E-state index in [9.17, 15) is 14.4 Å². The summed E-state index contributed by atoms with van der Waals surface area (Å²) in [6, 6.07) is 15.8. The molecule has 0 N–H and O–H groups in total. The molecule has 28 heavy (non-hydrogen) atoms. The minimum absolute atomic E-state index is 0.139. The Morgan fingerprint density at radius 1 is 1.07 bits per heavy atom. The minimum atomic E-state index is -0.679. The minimum Gasteiger partial charge on any atom is -0.444 e. The summed E-state index contributed by atoms with van der Waals surface area (Å²) < 4.78 is 5.51. The molecule has 1 fully saturated rings. The van der Waals surface area contributed by atoms with Crippen molar-refractivity contribution in [3.8, 4) is 0 Å². The maximum Gasteiger partial charge on any atom is 0.415 e. The Bertz CT molecular complexity index is 883. The van der Waals surface area contributed by atoms with Gasteiger partial charge in [-0.2, -0.15) is 0 Å². The third-order valence-electron chi connectivity index (χ3n) is 5.40. The smallest absolute Gasteiger partial charge is 0.415 e. The predicted octanol–water partition coefficient (Wildman–Crippen LogP) is 2.94. The normalized spacial score (nSPS) is 20.7. The average Bonchev–Trinajstić information content (AvgIpc) is 3.36. The second kappa shape index (κ2) is 7.84. The summed E-state index contributed by atoms with van der Waals surface area (Å²) in [7, 11) is 0. The van der Waals surface area contributed by atoms with E-state index in [0.29, 0.717) is 25.1 Å². The van der Waals surface area contributed by atoms with Crippen molar-refractivity contribution < 1.29 is 19.1 Å². The first-order valence-electron chi connectivity index (χ1n) is 9.52. The maximum absolute atomic E-state index is 13.2. The molecule has 2 aromatic carbocycles. The molecule has 1 saturated heterocycles. The van der Waals surface area contributed by atoms with E-state index in [0.717, 1.165) is 23.8 Å². The van der Waals surface area contributed by atoms with Crippen LogP contribution in [0.1, 0.15) is 24.0 Å². The molecule has 2 atom stereocenters. The van der Waals surface area contributed by atoms with Crippen molar-refractivity contribution in [2.75, 3.05) is 11.4 Å². The molecule has 0 aliphatic carbocycles. The lowest BCUT2D eigenvalue weighted by Crippen LogP contribution is -2.51. The fourth-order valence-corrected chi connectivity index (χ4v) is 4.00. The Labute approximate surface area is 163 Å². The number of carbonyl (C=O) groups excluding carboxylic acids is 3. The van der Waals surface area contributed by atoms with Crippen LogP contribution in [0, 0.1) is 0 Å². The monoisotopic (exact) mass is 378 g/mol. The van der Waals surface area contributed by atoms with E-state index in [1.165, 1.54) is 4.90 Å². The number of hydrogen-bond donors (Lipinski definition) is 0. The predicted molar refractivity (Wildman–Crippen MR) is 104 cm³/mol. The lowest BCUT2D eigenvalue weighted by atomic mass is 10.1. The van der Waals surface area contributed by atoms with Crippen LogP contribution in [0.2, 0.25) is 0 Å². The topological polar surface area (TPSA) is 66.9 Å². The van der Waals surface area contributed by atoms with Gasteiger partial charge in [0.1, 0.15) is 18.9 Å². The number of benzene rings is 2. The largest absolute Gasteiger partial charge is 0.444 e. The molecule has 2 aliphatic rings. The van der Waals surface area contributed by atoms with Gasteiger partial charge in [-0.3, -0.25) is 9.69 Å². The summed E-state index contributed by atoms with van der Waals surface area (Å²) in [5, 5.41) is 0. The third-order valence-corrected chi connectivity index (χ3v) is 5.40. The Hall–Kier alpha value is -3.15. The van der Waals surface area contributed by atoms with Crippen molar-refractivity contribution in [3.63, 3.8) is 0 Å². The Morgan fingerprint density at radius 3 is 2.61 bits per heavy atom. The molecular formula is C22H22N2O4. The zero-order valence-corrected chi connectivity index (χ0v) is 15.5. The lowest BCUT2D eigenvalue weighted by Gasteiger charge is -2.29. The van der Waals surface area contributed by atoms with Gasteiger partial charge in [0.15, 0.2) is 0 Å². The van der Waals surface area contributed by atoms with Gasteiger partial charge in [-0.15, -0.1) is 0 Å². The third kappa shape index (κ3) is 3.38. The van der Waals surface area contributed by atoms with Crippen LogP contribution in [0.4, 0.5) is 10.5 Å². The highest BCUT2D eigenvalue weighted by Crippen LogP contribution is 2.34. The van der Waals surface area contributed by atoms with Crippen LogP contribution in [0.25, 0.3) is 0 Å². The van der Waals surface area contributed by atoms with Crippen molar-refractivity contribution in [2.45, 2.75) is 38.0 Å². The van der Waals surface area contributed by atoms with Gasteiger partial charge in [-0.05, 0) is 30.0 Å². The van der Waals surface area contributed by atoms with Gasteiger partial charge < -0.3 is 14.4 Å². The zero-order chi connectivity index (χ0) is 19.5. The standard InChI is InChI=1S/C22H22N2O4/c25-14-18-10-6-12-23(18)21(26)20-13-17-9-4-5-11-19(17)24(20)22(27)28-15-16-7-2-1-3-8-16/h1-5,7-9,11,14,18,20H,6,10,12-13,15H2/t18-,20-/m0/s1. The molecule has 0 saturated carbocycles. The second-order valence-corrected chi connectivity index (χ2v) is 7.14. The fourth-order valence-electron chi connectivity index (χ4n) is 4.00. The Balaban J connectivity index is 1.56. The van der Waals surface area contributed by atoms with Crippen molar-refractivity contribution in [1.29, 1.82) is 0 Å². The number of aldehydes is 1. The molecule has 2 aromatic rings. The first-order valence-corrected chi connectivity index (χ1v) is 9.52. The molecule has 2 heterocycles. The molecular weight excluding hydrogens is 356 g/mol. The van der Waals surface area contributed by atoms with E-state index in [2.05, 4.69) is 0 Å². The van der Waals surface area contributed by atoms with Gasteiger partial charge in [0, 0.05) is 13.0 Å². The summed E-state index contributed by atoms with van der Waals surface area (Å²) >= 11 is 0. The van der Waals surface area contributed by atoms with Gasteiger partial charge in [0.25, 0.3) is 0 Å². The van der Waals surface area contributed by atoms with Crippen molar-refractivity contribution in [3.05, 3.63) is 65.7 Å². The van der Waals surface area contributed by atoms with Crippen LogP contribution >= 0.6 is 0 Å². The summed E-state index contributed by atoms with van der Waals surface area (Å²) in [6.07, 6.45) is 2.18. The van der Waals surface area contributed by atoms with Crippen molar-refractivity contribution in [1.82, 2.24) is 4.90 Å². The number of likely N-dealkylation sites (tertiary alicyclic amines) is 1. The highest BCUT2D eigenvalue weighted by molar-refractivity contribution is 6.01. The van der Waals surface area contributed by atoms with E-state index < -0.39 is 18.2 Å². The molecule has 6 heteroatoms. The molecule has 6 nitrogen and oxygen atoms in total. The molecule has 144 valence electrons. The van der Waals surface area contributed by atoms with Gasteiger partial charge in [-0.1, -0.05) is 48.5 Å². The summed E-state index contributed by atoms with van der Waals surface area (Å²) in [6.45, 7) is 0.682. The van der Waals surface area contributed by atoms with Crippen LogP contribution in [0.3, 0.4) is 0 Å². The molecule has 2 aliphatic heterocycles. The van der Waals surface area contributed by atoms with Crippen LogP contribution in [0.5, 0.6) is 0 Å². The van der Waals surface area contributed by atoms with Crippen molar-refractivity contribution >= 4 is 24.0 Å². The molecule has 0 radical (unpaired) electrons. The molecule has 0 aromatic heterocycles. The van der Waals surface area contributed by atoms with Crippen LogP contribution in [-0.2, 0) is 27.4 Å². The van der Waals surface area contributed by atoms with Crippen molar-refractivity contribution in [2.24, 2.45) is 0 Å². The Morgan fingerprint density at radius 2 is 1.82 bits per heavy atom. The quantitative estimate of drug-likeness (QED) is 0.767. The number of anilines is 1. The number of nitrogens with zero attached hydrogens (tertiary/aromatic N) is 2. The number of rotatable bonds is 4.